The van der Waals surface area contributed by atoms with Crippen molar-refractivity contribution in [1.82, 2.24) is 25.3 Å². The molecule has 0 aromatic carbocycles. The molecule has 1 N–H and O–H groups in total. The molecule has 23 heavy (non-hydrogen) atoms. The zero-order valence-corrected chi connectivity index (χ0v) is 13.1. The van der Waals surface area contributed by atoms with Crippen molar-refractivity contribution < 1.29 is 17.7 Å². The Bertz CT molecular complexity index is 521. The number of halogens is 3. The van der Waals surface area contributed by atoms with Gasteiger partial charge in [0.15, 0.2) is 5.82 Å². The number of aromatic nitrogens is 2. The summed E-state index contributed by atoms with van der Waals surface area (Å²) in [7, 11) is 2.01. The fourth-order valence-electron chi connectivity index (χ4n) is 3.30. The number of nitrogens with one attached hydrogen (secondary N) is 1. The van der Waals surface area contributed by atoms with Crippen molar-refractivity contribution in [2.75, 3.05) is 46.3 Å². The number of likely N-dealkylation sites (N-methyl/N-ethyl adjacent to an activating group) is 1. The summed E-state index contributed by atoms with van der Waals surface area (Å²) in [4.78, 5) is 8.05. The molecule has 2 aliphatic heterocycles. The van der Waals surface area contributed by atoms with Crippen LogP contribution >= 0.6 is 0 Å². The van der Waals surface area contributed by atoms with Gasteiger partial charge in [-0.2, -0.15) is 18.2 Å². The SMILES string of the molecule is CN1CCNCC1c1noc(C2CCCN(CC(F)(F)F)C2)n1. The van der Waals surface area contributed by atoms with E-state index in [0.29, 0.717) is 31.2 Å². The fourth-order valence-corrected chi connectivity index (χ4v) is 3.30. The molecule has 6 nitrogen and oxygen atoms in total. The molecule has 130 valence electrons. The Morgan fingerprint density at radius 1 is 1.35 bits per heavy atom. The first-order chi connectivity index (χ1) is 10.9. The summed E-state index contributed by atoms with van der Waals surface area (Å²) in [6, 6.07) is 0.0520. The van der Waals surface area contributed by atoms with E-state index >= 15 is 0 Å². The van der Waals surface area contributed by atoms with E-state index in [0.717, 1.165) is 26.1 Å². The highest BCUT2D eigenvalue weighted by Gasteiger charge is 2.35. The summed E-state index contributed by atoms with van der Waals surface area (Å²) < 4.78 is 43.0. The predicted octanol–water partition coefficient (Wildman–Crippen LogP) is 1.39. The minimum Gasteiger partial charge on any atom is -0.339 e. The third-order valence-electron chi connectivity index (χ3n) is 4.52. The van der Waals surface area contributed by atoms with E-state index in [1.807, 2.05) is 7.05 Å². The second kappa shape index (κ2) is 6.74. The van der Waals surface area contributed by atoms with Gasteiger partial charge in [-0.05, 0) is 26.4 Å². The van der Waals surface area contributed by atoms with Crippen molar-refractivity contribution in [2.45, 2.75) is 31.0 Å². The Balaban J connectivity index is 1.65. The molecular weight excluding hydrogens is 311 g/mol. The molecule has 1 aromatic rings. The Morgan fingerprint density at radius 2 is 2.17 bits per heavy atom. The zero-order chi connectivity index (χ0) is 16.4. The maximum absolute atomic E-state index is 12.6. The van der Waals surface area contributed by atoms with Gasteiger partial charge in [0, 0.05) is 26.2 Å². The first-order valence-corrected chi connectivity index (χ1v) is 7.96. The summed E-state index contributed by atoms with van der Waals surface area (Å²) in [5.41, 5.74) is 0. The van der Waals surface area contributed by atoms with Crippen LogP contribution < -0.4 is 5.32 Å². The smallest absolute Gasteiger partial charge is 0.339 e. The average molecular weight is 333 g/mol. The minimum absolute atomic E-state index is 0.0520. The molecule has 3 rings (SSSR count). The molecule has 2 fully saturated rings. The van der Waals surface area contributed by atoms with E-state index in [9.17, 15) is 13.2 Å². The maximum atomic E-state index is 12.6. The van der Waals surface area contributed by atoms with E-state index in [1.165, 1.54) is 4.90 Å². The number of rotatable bonds is 3. The lowest BCUT2D eigenvalue weighted by Crippen LogP contribution is -2.44. The molecule has 9 heteroatoms. The monoisotopic (exact) mass is 333 g/mol. The third-order valence-corrected chi connectivity index (χ3v) is 4.52. The predicted molar refractivity (Wildman–Crippen MR) is 77.0 cm³/mol. The summed E-state index contributed by atoms with van der Waals surface area (Å²) in [5.74, 6) is 0.961. The van der Waals surface area contributed by atoms with Crippen LogP contribution in [0.4, 0.5) is 13.2 Å². The zero-order valence-electron chi connectivity index (χ0n) is 13.1. The third kappa shape index (κ3) is 4.21. The summed E-state index contributed by atoms with van der Waals surface area (Å²) in [6.07, 6.45) is -2.67. The van der Waals surface area contributed by atoms with E-state index in [1.54, 1.807) is 0 Å². The van der Waals surface area contributed by atoms with Gasteiger partial charge in [0.2, 0.25) is 5.89 Å². The van der Waals surface area contributed by atoms with Crippen LogP contribution in [0.2, 0.25) is 0 Å². The Morgan fingerprint density at radius 3 is 2.91 bits per heavy atom. The normalized spacial score (nSPS) is 28.2. The van der Waals surface area contributed by atoms with Crippen molar-refractivity contribution in [3.63, 3.8) is 0 Å². The van der Waals surface area contributed by atoms with Crippen LogP contribution in [-0.2, 0) is 0 Å². The Labute approximate surface area is 133 Å². The Hall–Kier alpha value is -1.19. The highest BCUT2D eigenvalue weighted by Crippen LogP contribution is 2.29. The van der Waals surface area contributed by atoms with E-state index < -0.39 is 12.7 Å². The van der Waals surface area contributed by atoms with Gasteiger partial charge in [-0.15, -0.1) is 0 Å². The summed E-state index contributed by atoms with van der Waals surface area (Å²) in [5, 5.41) is 7.35. The standard InChI is InChI=1S/C14H22F3N5O/c1-21-6-4-18-7-11(21)12-19-13(23-20-12)10-3-2-5-22(8-10)9-14(15,16)17/h10-11,18H,2-9H2,1H3. The van der Waals surface area contributed by atoms with Crippen molar-refractivity contribution in [2.24, 2.45) is 0 Å². The van der Waals surface area contributed by atoms with Gasteiger partial charge < -0.3 is 9.84 Å². The molecule has 2 saturated heterocycles. The van der Waals surface area contributed by atoms with Crippen LogP contribution in [0.15, 0.2) is 4.52 Å². The van der Waals surface area contributed by atoms with Crippen molar-refractivity contribution in [3.8, 4) is 0 Å². The van der Waals surface area contributed by atoms with Gasteiger partial charge in [0.25, 0.3) is 0 Å². The average Bonchev–Trinajstić information content (AvgIpc) is 2.96. The van der Waals surface area contributed by atoms with Gasteiger partial charge in [0.1, 0.15) is 0 Å². The number of likely N-dealkylation sites (tertiary alicyclic amines) is 1. The number of piperazine rings is 1. The lowest BCUT2D eigenvalue weighted by molar-refractivity contribution is -0.148. The number of alkyl halides is 3. The highest BCUT2D eigenvalue weighted by molar-refractivity contribution is 5.02. The molecule has 0 amide bonds. The highest BCUT2D eigenvalue weighted by atomic mass is 19.4. The molecule has 1 aromatic heterocycles. The van der Waals surface area contributed by atoms with Gasteiger partial charge in [-0.1, -0.05) is 5.16 Å². The summed E-state index contributed by atoms with van der Waals surface area (Å²) >= 11 is 0. The fraction of sp³-hybridized carbons (Fsp3) is 0.857. The van der Waals surface area contributed by atoms with Crippen LogP contribution in [0.3, 0.4) is 0 Å². The second-order valence-electron chi connectivity index (χ2n) is 6.38. The largest absolute Gasteiger partial charge is 0.401 e. The first kappa shape index (κ1) is 16.7. The molecule has 0 aliphatic carbocycles. The van der Waals surface area contributed by atoms with E-state index in [-0.39, 0.29) is 12.0 Å². The summed E-state index contributed by atoms with van der Waals surface area (Å²) in [6.45, 7) is 2.48. The number of piperidine rings is 1. The molecule has 2 unspecified atom stereocenters. The second-order valence-corrected chi connectivity index (χ2v) is 6.38. The van der Waals surface area contributed by atoms with Crippen molar-refractivity contribution in [3.05, 3.63) is 11.7 Å². The molecule has 2 aliphatic rings. The Kier molecular flexibility index (Phi) is 4.88. The van der Waals surface area contributed by atoms with Crippen molar-refractivity contribution >= 4 is 0 Å². The maximum Gasteiger partial charge on any atom is 0.401 e. The molecule has 2 atom stereocenters. The topological polar surface area (TPSA) is 57.4 Å². The number of nitrogens with zero attached hydrogens (tertiary/aromatic N) is 4. The van der Waals surface area contributed by atoms with Crippen LogP contribution in [-0.4, -0.2) is 72.4 Å². The van der Waals surface area contributed by atoms with Gasteiger partial charge >= 0.3 is 6.18 Å². The quantitative estimate of drug-likeness (QED) is 0.902. The minimum atomic E-state index is -4.17. The lowest BCUT2D eigenvalue weighted by atomic mass is 9.98. The van der Waals surface area contributed by atoms with Crippen LogP contribution in [0.1, 0.15) is 36.5 Å². The lowest BCUT2D eigenvalue weighted by Gasteiger charge is -2.31. The molecule has 3 heterocycles. The van der Waals surface area contributed by atoms with E-state index in [4.69, 9.17) is 4.52 Å². The van der Waals surface area contributed by atoms with Crippen LogP contribution in [0.5, 0.6) is 0 Å². The van der Waals surface area contributed by atoms with Gasteiger partial charge in [0.05, 0.1) is 18.5 Å². The first-order valence-electron chi connectivity index (χ1n) is 7.96. The molecule has 0 radical (unpaired) electrons. The van der Waals surface area contributed by atoms with Crippen LogP contribution in [0.25, 0.3) is 0 Å². The number of hydrogen-bond donors (Lipinski definition) is 1. The van der Waals surface area contributed by atoms with Gasteiger partial charge in [-0.25, -0.2) is 0 Å². The van der Waals surface area contributed by atoms with E-state index in [2.05, 4.69) is 20.4 Å². The van der Waals surface area contributed by atoms with Crippen molar-refractivity contribution in [1.29, 1.82) is 0 Å². The number of hydrogen-bond acceptors (Lipinski definition) is 6. The molecule has 0 spiro atoms. The van der Waals surface area contributed by atoms with Gasteiger partial charge in [-0.3, -0.25) is 9.80 Å². The molecule has 0 bridgehead atoms. The van der Waals surface area contributed by atoms with Crippen LogP contribution in [0, 0.1) is 0 Å². The molecule has 0 saturated carbocycles. The molecular formula is C14H22F3N5O.